The van der Waals surface area contributed by atoms with Crippen LogP contribution in [0.3, 0.4) is 0 Å². The number of anilines is 2. The molecule has 1 aliphatic rings. The van der Waals surface area contributed by atoms with Crippen LogP contribution < -0.4 is 20.3 Å². The summed E-state index contributed by atoms with van der Waals surface area (Å²) in [6.45, 7) is 7.20. The zero-order valence-electron chi connectivity index (χ0n) is 15.7. The lowest BCUT2D eigenvalue weighted by atomic mass is 10.2. The first-order valence-corrected chi connectivity index (χ1v) is 8.72. The van der Waals surface area contributed by atoms with Gasteiger partial charge in [-0.05, 0) is 19.4 Å². The quantitative estimate of drug-likeness (QED) is 0.550. The molecule has 0 aromatic heterocycles. The number of ether oxygens (including phenoxy) is 2. The maximum absolute atomic E-state index is 14.3. The van der Waals surface area contributed by atoms with Crippen LogP contribution in [0.15, 0.2) is 36.6 Å². The summed E-state index contributed by atoms with van der Waals surface area (Å²) in [5.41, 5.74) is 0.511. The Hall–Kier alpha value is -3.36. The first-order valence-electron chi connectivity index (χ1n) is 8.72. The van der Waals surface area contributed by atoms with Gasteiger partial charge in [-0.25, -0.2) is 9.18 Å². The van der Waals surface area contributed by atoms with Crippen molar-refractivity contribution in [2.45, 2.75) is 20.3 Å². The first-order chi connectivity index (χ1) is 13.4. The second kappa shape index (κ2) is 9.54. The number of carbonyl (C=O) groups excluding carboxylic acids is 3. The third-order valence-electron chi connectivity index (χ3n) is 3.79. The lowest BCUT2D eigenvalue weighted by Crippen LogP contribution is -2.39. The van der Waals surface area contributed by atoms with E-state index in [1.807, 2.05) is 0 Å². The average molecular weight is 391 g/mol. The molecule has 8 nitrogen and oxygen atoms in total. The van der Waals surface area contributed by atoms with Gasteiger partial charge in [0.15, 0.2) is 12.4 Å². The van der Waals surface area contributed by atoms with Crippen LogP contribution in [0.1, 0.15) is 20.3 Å². The van der Waals surface area contributed by atoms with Crippen molar-refractivity contribution in [3.05, 3.63) is 42.4 Å². The fourth-order valence-corrected chi connectivity index (χ4v) is 2.50. The molecule has 0 atom stereocenters. The molecule has 1 aromatic rings. The first kappa shape index (κ1) is 20.9. The molecule has 3 amide bonds. The fourth-order valence-electron chi connectivity index (χ4n) is 2.50. The van der Waals surface area contributed by atoms with Crippen LogP contribution >= 0.6 is 0 Å². The number of nitrogens with one attached hydrogen (secondary N) is 2. The maximum Gasteiger partial charge on any atom is 0.411 e. The van der Waals surface area contributed by atoms with E-state index in [1.54, 1.807) is 13.8 Å². The fraction of sp³-hybridized carbons (Fsp3) is 0.316. The van der Waals surface area contributed by atoms with Gasteiger partial charge in [-0.2, -0.15) is 0 Å². The van der Waals surface area contributed by atoms with Gasteiger partial charge < -0.3 is 19.7 Å². The number of benzene rings is 1. The monoisotopic (exact) mass is 391 g/mol. The van der Waals surface area contributed by atoms with Gasteiger partial charge in [0.25, 0.3) is 5.91 Å². The van der Waals surface area contributed by atoms with Crippen molar-refractivity contribution >= 4 is 29.3 Å². The minimum Gasteiger partial charge on any atom is -0.481 e. The summed E-state index contributed by atoms with van der Waals surface area (Å²) in [7, 11) is 0. The van der Waals surface area contributed by atoms with Crippen LogP contribution in [-0.4, -0.2) is 37.7 Å². The molecule has 1 heterocycles. The minimum absolute atomic E-state index is 0.126. The summed E-state index contributed by atoms with van der Waals surface area (Å²) < 4.78 is 24.4. The summed E-state index contributed by atoms with van der Waals surface area (Å²) in [4.78, 5) is 37.1. The summed E-state index contributed by atoms with van der Waals surface area (Å²) in [6, 6.07) is 2.43. The minimum atomic E-state index is -0.718. The molecule has 0 spiro atoms. The molecule has 0 aliphatic carbocycles. The molecule has 1 aromatic carbocycles. The van der Waals surface area contributed by atoms with Crippen molar-refractivity contribution in [1.29, 1.82) is 0 Å². The van der Waals surface area contributed by atoms with E-state index in [0.717, 1.165) is 12.1 Å². The number of amides is 3. The molecule has 2 rings (SSSR count). The van der Waals surface area contributed by atoms with Crippen LogP contribution in [0.5, 0.6) is 5.75 Å². The second-order valence-electron chi connectivity index (χ2n) is 5.74. The molecule has 0 radical (unpaired) electrons. The van der Waals surface area contributed by atoms with Crippen molar-refractivity contribution in [2.75, 3.05) is 30.0 Å². The molecule has 0 fully saturated rings. The average Bonchev–Trinajstić information content (AvgIpc) is 2.65. The Kier molecular flexibility index (Phi) is 7.14. The van der Waals surface area contributed by atoms with Crippen LogP contribution in [0, 0.1) is 5.82 Å². The highest BCUT2D eigenvalue weighted by atomic mass is 19.1. The second-order valence-corrected chi connectivity index (χ2v) is 5.74. The van der Waals surface area contributed by atoms with E-state index in [9.17, 15) is 18.8 Å². The zero-order chi connectivity index (χ0) is 20.7. The largest absolute Gasteiger partial charge is 0.481 e. The molecule has 9 heteroatoms. The Bertz CT molecular complexity index is 822. The lowest BCUT2D eigenvalue weighted by Gasteiger charge is -2.29. The summed E-state index contributed by atoms with van der Waals surface area (Å²) in [5, 5.41) is 4.85. The molecule has 0 saturated carbocycles. The number of halogens is 1. The number of hydrogen-bond acceptors (Lipinski definition) is 5. The molecular formula is C19H22FN3O5. The molecule has 1 aliphatic heterocycles. The van der Waals surface area contributed by atoms with E-state index < -0.39 is 17.8 Å². The topological polar surface area (TPSA) is 97.0 Å². The number of allylic oxidation sites excluding steroid dienone is 1. The van der Waals surface area contributed by atoms with E-state index in [-0.39, 0.29) is 37.1 Å². The maximum atomic E-state index is 14.3. The Morgan fingerprint density at radius 1 is 1.39 bits per heavy atom. The standard InChI is InChI=1S/C19H22FN3O5/c1-4-7-23-15-10-14(13(20)9-16(15)28-11-18(23)25)22-17(24)8-12(5-2)21-19(26)27-6-3/h4,8-10H,1,5-7,11H2,2-3H3,(H,21,26)(H,22,24). The number of nitrogens with zero attached hydrogens (tertiary/aromatic N) is 1. The van der Waals surface area contributed by atoms with Crippen molar-refractivity contribution < 1.29 is 28.2 Å². The molecule has 0 bridgehead atoms. The van der Waals surface area contributed by atoms with Crippen molar-refractivity contribution in [1.82, 2.24) is 5.32 Å². The van der Waals surface area contributed by atoms with E-state index >= 15 is 0 Å². The summed E-state index contributed by atoms with van der Waals surface area (Å²) >= 11 is 0. The number of rotatable bonds is 7. The zero-order valence-corrected chi connectivity index (χ0v) is 15.7. The Morgan fingerprint density at radius 2 is 2.14 bits per heavy atom. The molecule has 28 heavy (non-hydrogen) atoms. The SMILES string of the molecule is C=CCN1C(=O)COc2cc(F)c(NC(=O)C=C(CC)NC(=O)OCC)cc21. The predicted molar refractivity (Wildman–Crippen MR) is 102 cm³/mol. The third kappa shape index (κ3) is 5.09. The van der Waals surface area contributed by atoms with Gasteiger partial charge >= 0.3 is 6.09 Å². The highest BCUT2D eigenvalue weighted by Crippen LogP contribution is 2.36. The van der Waals surface area contributed by atoms with Crippen LogP contribution in [0.25, 0.3) is 0 Å². The van der Waals surface area contributed by atoms with Gasteiger partial charge in [0.1, 0.15) is 5.75 Å². The van der Waals surface area contributed by atoms with Crippen molar-refractivity contribution in [2.24, 2.45) is 0 Å². The highest BCUT2D eigenvalue weighted by molar-refractivity contribution is 6.02. The van der Waals surface area contributed by atoms with Gasteiger partial charge in [-0.1, -0.05) is 13.0 Å². The highest BCUT2D eigenvalue weighted by Gasteiger charge is 2.26. The van der Waals surface area contributed by atoms with E-state index in [0.29, 0.717) is 17.8 Å². The Labute approximate surface area is 162 Å². The smallest absolute Gasteiger partial charge is 0.411 e. The molecule has 150 valence electrons. The molecular weight excluding hydrogens is 369 g/mol. The van der Waals surface area contributed by atoms with E-state index in [1.165, 1.54) is 17.0 Å². The molecule has 2 N–H and O–H groups in total. The predicted octanol–water partition coefficient (Wildman–Crippen LogP) is 2.72. The van der Waals surface area contributed by atoms with Gasteiger partial charge in [-0.3, -0.25) is 14.9 Å². The van der Waals surface area contributed by atoms with Gasteiger partial charge in [0.2, 0.25) is 5.91 Å². The Morgan fingerprint density at radius 3 is 2.79 bits per heavy atom. The van der Waals surface area contributed by atoms with Crippen molar-refractivity contribution in [3.63, 3.8) is 0 Å². The normalized spacial score (nSPS) is 13.3. The summed E-state index contributed by atoms with van der Waals surface area (Å²) in [5.74, 6) is -1.47. The van der Waals surface area contributed by atoms with E-state index in [2.05, 4.69) is 17.2 Å². The van der Waals surface area contributed by atoms with Crippen LogP contribution in [-0.2, 0) is 14.3 Å². The van der Waals surface area contributed by atoms with Gasteiger partial charge in [-0.15, -0.1) is 6.58 Å². The number of alkyl carbamates (subject to hydrolysis) is 1. The van der Waals surface area contributed by atoms with Gasteiger partial charge in [0.05, 0.1) is 18.0 Å². The third-order valence-corrected chi connectivity index (χ3v) is 3.79. The molecule has 0 saturated heterocycles. The number of carbonyl (C=O) groups is 3. The van der Waals surface area contributed by atoms with Gasteiger partial charge in [0, 0.05) is 24.4 Å². The Balaban J connectivity index is 2.22. The van der Waals surface area contributed by atoms with Crippen LogP contribution in [0.4, 0.5) is 20.6 Å². The lowest BCUT2D eigenvalue weighted by molar-refractivity contribution is -0.121. The number of hydrogen-bond donors (Lipinski definition) is 2. The van der Waals surface area contributed by atoms with Crippen molar-refractivity contribution in [3.8, 4) is 5.75 Å². The van der Waals surface area contributed by atoms with E-state index in [4.69, 9.17) is 9.47 Å². The number of fused-ring (bicyclic) bond motifs is 1. The summed E-state index contributed by atoms with van der Waals surface area (Å²) in [6.07, 6.45) is 2.35. The van der Waals surface area contributed by atoms with Crippen LogP contribution in [0.2, 0.25) is 0 Å². The molecule has 0 unspecified atom stereocenters.